The number of amides is 1. The highest BCUT2D eigenvalue weighted by molar-refractivity contribution is 6.07. The Labute approximate surface area is 197 Å². The van der Waals surface area contributed by atoms with Gasteiger partial charge in [-0.15, -0.1) is 0 Å². The molecule has 3 N–H and O–H groups in total. The normalized spacial score (nSPS) is 23.4. The van der Waals surface area contributed by atoms with E-state index in [4.69, 9.17) is 10.8 Å². The van der Waals surface area contributed by atoms with E-state index in [1.165, 1.54) is 6.07 Å². The van der Waals surface area contributed by atoms with Crippen molar-refractivity contribution in [2.75, 3.05) is 13.1 Å². The van der Waals surface area contributed by atoms with E-state index in [1.54, 1.807) is 11.0 Å². The van der Waals surface area contributed by atoms with Crippen LogP contribution < -0.4 is 5.32 Å². The summed E-state index contributed by atoms with van der Waals surface area (Å²) in [5.74, 6) is -0.141. The molecule has 0 spiro atoms. The average Bonchev–Trinajstić information content (AvgIpc) is 2.77. The van der Waals surface area contributed by atoms with Gasteiger partial charge >= 0.3 is 0 Å². The van der Waals surface area contributed by atoms with Gasteiger partial charge in [0, 0.05) is 39.9 Å². The Kier molecular flexibility index (Phi) is 6.52. The quantitative estimate of drug-likeness (QED) is 0.458. The molecule has 6 nitrogen and oxygen atoms in total. The maximum absolute atomic E-state index is 14.9. The highest BCUT2D eigenvalue weighted by Gasteiger charge is 2.32. The number of rotatable bonds is 4. The van der Waals surface area contributed by atoms with Crippen LogP contribution in [0, 0.1) is 16.6 Å². The van der Waals surface area contributed by atoms with E-state index in [0.29, 0.717) is 37.1 Å². The summed E-state index contributed by atoms with van der Waals surface area (Å²) >= 11 is 0. The molecule has 2 aliphatic heterocycles. The summed E-state index contributed by atoms with van der Waals surface area (Å²) in [5.41, 5.74) is 2.09. The average molecular weight is 454 g/mol. The zero-order chi connectivity index (χ0) is 23.8. The summed E-state index contributed by atoms with van der Waals surface area (Å²) in [7, 11) is 0. The van der Waals surface area contributed by atoms with Crippen LogP contribution in [0.25, 0.3) is 0 Å². The molecule has 1 aromatic carbocycles. The van der Waals surface area contributed by atoms with Crippen LogP contribution in [-0.2, 0) is 13.0 Å². The molecular formula is C26H36FN5O. The summed E-state index contributed by atoms with van der Waals surface area (Å²) in [4.78, 5) is 17.2. The Morgan fingerprint density at radius 3 is 2.73 bits per heavy atom. The van der Waals surface area contributed by atoms with E-state index in [2.05, 4.69) is 24.1 Å². The predicted octanol–water partition coefficient (Wildman–Crippen LogP) is 4.65. The molecular weight excluding hydrogens is 417 g/mol. The number of nitrogens with zero attached hydrogens (tertiary/aromatic N) is 2. The monoisotopic (exact) mass is 453 g/mol. The zero-order valence-corrected chi connectivity index (χ0v) is 19.8. The number of halogens is 1. The van der Waals surface area contributed by atoms with Crippen LogP contribution in [0.2, 0.25) is 0 Å². The fraction of sp³-hybridized carbons (Fsp3) is 0.500. The molecule has 3 aliphatic rings. The molecule has 1 amide bonds. The maximum atomic E-state index is 14.9. The third-order valence-corrected chi connectivity index (χ3v) is 6.97. The molecule has 2 heterocycles. The predicted molar refractivity (Wildman–Crippen MR) is 131 cm³/mol. The first-order chi connectivity index (χ1) is 15.7. The van der Waals surface area contributed by atoms with Crippen LogP contribution in [0.4, 0.5) is 4.39 Å². The minimum Gasteiger partial charge on any atom is -0.343 e. The van der Waals surface area contributed by atoms with E-state index in [-0.39, 0.29) is 6.99 Å². The van der Waals surface area contributed by atoms with Gasteiger partial charge in [0.1, 0.15) is 17.5 Å². The largest absolute Gasteiger partial charge is 0.343 e. The lowest BCUT2D eigenvalue weighted by molar-refractivity contribution is 0.0917. The Morgan fingerprint density at radius 1 is 1.21 bits per heavy atom. The molecule has 1 atom stereocenters. The Hall–Kier alpha value is -2.80. The van der Waals surface area contributed by atoms with Crippen LogP contribution >= 0.6 is 0 Å². The molecule has 0 saturated carbocycles. The third kappa shape index (κ3) is 4.93. The molecule has 33 heavy (non-hydrogen) atoms. The van der Waals surface area contributed by atoms with Gasteiger partial charge in [-0.3, -0.25) is 20.5 Å². The van der Waals surface area contributed by atoms with E-state index in [1.807, 2.05) is 25.2 Å². The fourth-order valence-electron chi connectivity index (χ4n) is 4.93. The SMILES string of the molecule is CC(C)N1CCc2cc(F)c(C(=O)NC3(C)C=CC=C(C(=N)N4CCCCC4=N)C3)cc2C1.[HH]. The molecule has 7 heteroatoms. The lowest BCUT2D eigenvalue weighted by Crippen LogP contribution is -2.48. The summed E-state index contributed by atoms with van der Waals surface area (Å²) in [5, 5.41) is 19.8. The number of fused-ring (bicyclic) bond motifs is 1. The van der Waals surface area contributed by atoms with Crippen LogP contribution in [0.5, 0.6) is 0 Å². The minimum atomic E-state index is -0.738. The van der Waals surface area contributed by atoms with Crippen molar-refractivity contribution in [1.29, 1.82) is 10.8 Å². The lowest BCUT2D eigenvalue weighted by atomic mass is 9.86. The first kappa shape index (κ1) is 23.4. The van der Waals surface area contributed by atoms with Gasteiger partial charge in [-0.05, 0) is 68.9 Å². The number of benzene rings is 1. The van der Waals surface area contributed by atoms with Gasteiger partial charge in [0.05, 0.1) is 11.1 Å². The first-order valence-corrected chi connectivity index (χ1v) is 11.9. The van der Waals surface area contributed by atoms with Crippen molar-refractivity contribution in [3.05, 3.63) is 58.4 Å². The smallest absolute Gasteiger partial charge is 0.254 e. The summed E-state index contributed by atoms with van der Waals surface area (Å²) in [6, 6.07) is 3.62. The highest BCUT2D eigenvalue weighted by atomic mass is 19.1. The molecule has 0 bridgehead atoms. The van der Waals surface area contributed by atoms with Gasteiger partial charge < -0.3 is 10.2 Å². The van der Waals surface area contributed by atoms with E-state index in [9.17, 15) is 9.18 Å². The molecule has 178 valence electrons. The summed E-state index contributed by atoms with van der Waals surface area (Å²) < 4.78 is 14.9. The van der Waals surface area contributed by atoms with Crippen LogP contribution in [-0.4, -0.2) is 52.0 Å². The molecule has 1 aromatic rings. The van der Waals surface area contributed by atoms with Gasteiger partial charge in [-0.25, -0.2) is 4.39 Å². The standard InChI is InChI=1S/C26H34FN5O.H2/c1-17(2)31-12-9-18-14-22(27)21(13-20(18)16-31)25(33)30-26(3)10-6-7-19(15-26)24(29)32-11-5-4-8-23(32)28;/h6-7,10,13-14,17,28-29H,4-5,8-9,11-12,15-16H2,1-3H3,(H,30,33);1H. The van der Waals surface area contributed by atoms with Gasteiger partial charge in [0.15, 0.2) is 0 Å². The van der Waals surface area contributed by atoms with Crippen molar-refractivity contribution < 1.29 is 10.6 Å². The molecule has 0 radical (unpaired) electrons. The number of carbonyl (C=O) groups is 1. The molecule has 1 unspecified atom stereocenters. The van der Waals surface area contributed by atoms with Gasteiger partial charge in [0.2, 0.25) is 0 Å². The van der Waals surface area contributed by atoms with Crippen molar-refractivity contribution in [2.24, 2.45) is 0 Å². The number of likely N-dealkylation sites (tertiary alicyclic amines) is 1. The fourth-order valence-corrected chi connectivity index (χ4v) is 4.93. The second-order valence-corrected chi connectivity index (χ2v) is 9.92. The summed E-state index contributed by atoms with van der Waals surface area (Å²) in [6.45, 7) is 8.47. The molecule has 1 saturated heterocycles. The Morgan fingerprint density at radius 2 is 2.00 bits per heavy atom. The van der Waals surface area contributed by atoms with Crippen molar-refractivity contribution in [2.45, 2.75) is 71.0 Å². The second-order valence-electron chi connectivity index (χ2n) is 9.92. The topological polar surface area (TPSA) is 83.3 Å². The highest BCUT2D eigenvalue weighted by Crippen LogP contribution is 2.28. The van der Waals surface area contributed by atoms with Crippen molar-refractivity contribution in [3.8, 4) is 0 Å². The maximum Gasteiger partial charge on any atom is 0.254 e. The molecule has 4 rings (SSSR count). The number of amidine groups is 2. The number of hydrogen-bond acceptors (Lipinski definition) is 4. The van der Waals surface area contributed by atoms with Gasteiger partial charge in [-0.2, -0.15) is 0 Å². The van der Waals surface area contributed by atoms with Crippen LogP contribution in [0.3, 0.4) is 0 Å². The van der Waals surface area contributed by atoms with E-state index < -0.39 is 17.3 Å². The van der Waals surface area contributed by atoms with Crippen molar-refractivity contribution in [3.63, 3.8) is 0 Å². The minimum absolute atomic E-state index is 0. The van der Waals surface area contributed by atoms with E-state index in [0.717, 1.165) is 49.1 Å². The molecule has 1 fully saturated rings. The number of allylic oxidation sites excluding steroid dienone is 2. The Bertz CT molecular complexity index is 1050. The van der Waals surface area contributed by atoms with Gasteiger partial charge in [-0.1, -0.05) is 18.2 Å². The van der Waals surface area contributed by atoms with Crippen molar-refractivity contribution >= 4 is 17.6 Å². The summed E-state index contributed by atoms with van der Waals surface area (Å²) in [6.07, 6.45) is 9.44. The molecule has 1 aliphatic carbocycles. The third-order valence-electron chi connectivity index (χ3n) is 6.97. The molecule has 0 aromatic heterocycles. The number of carbonyl (C=O) groups excluding carboxylic acids is 1. The van der Waals surface area contributed by atoms with Gasteiger partial charge in [0.25, 0.3) is 5.91 Å². The van der Waals surface area contributed by atoms with Crippen molar-refractivity contribution in [1.82, 2.24) is 15.1 Å². The second kappa shape index (κ2) is 9.21. The number of nitrogens with one attached hydrogen (secondary N) is 3. The van der Waals surface area contributed by atoms with Crippen LogP contribution in [0.15, 0.2) is 35.9 Å². The van der Waals surface area contributed by atoms with E-state index >= 15 is 0 Å². The lowest BCUT2D eigenvalue weighted by Gasteiger charge is -2.35. The number of piperidine rings is 1. The first-order valence-electron chi connectivity index (χ1n) is 11.9. The Balaban J connectivity index is 0.00000324. The zero-order valence-electron chi connectivity index (χ0n) is 19.8. The van der Waals surface area contributed by atoms with Crippen LogP contribution in [0.1, 0.15) is 69.4 Å². The number of hydrogen-bond donors (Lipinski definition) is 3.